The third kappa shape index (κ3) is 6.11. The molecule has 2 unspecified atom stereocenters. The van der Waals surface area contributed by atoms with Crippen molar-refractivity contribution in [3.8, 4) is 0 Å². The van der Waals surface area contributed by atoms with Crippen molar-refractivity contribution < 1.29 is 14.6 Å². The van der Waals surface area contributed by atoms with Crippen LogP contribution in [0.5, 0.6) is 0 Å². The van der Waals surface area contributed by atoms with Gasteiger partial charge in [-0.3, -0.25) is 0 Å². The molecule has 2 atom stereocenters. The first kappa shape index (κ1) is 15.9. The van der Waals surface area contributed by atoms with Crippen LogP contribution in [-0.2, 0) is 9.47 Å². The van der Waals surface area contributed by atoms with Crippen LogP contribution in [0.3, 0.4) is 0 Å². The number of likely N-dealkylation sites (tertiary alicyclic amines) is 1. The van der Waals surface area contributed by atoms with Gasteiger partial charge in [-0.1, -0.05) is 0 Å². The number of nitrogens with zero attached hydrogens (tertiary/aromatic N) is 1. The smallest absolute Gasteiger partial charge is 0.0900 e. The SMILES string of the molecule is CNC1CCN(CC(O)COC(C)COC)CC1. The van der Waals surface area contributed by atoms with Gasteiger partial charge in [-0.25, -0.2) is 0 Å². The molecule has 108 valence electrons. The van der Waals surface area contributed by atoms with Gasteiger partial charge in [0.05, 0.1) is 25.4 Å². The molecular weight excluding hydrogens is 232 g/mol. The van der Waals surface area contributed by atoms with Gasteiger partial charge in [0, 0.05) is 19.7 Å². The van der Waals surface area contributed by atoms with Crippen LogP contribution in [0, 0.1) is 0 Å². The maximum atomic E-state index is 9.92. The van der Waals surface area contributed by atoms with Crippen LogP contribution >= 0.6 is 0 Å². The van der Waals surface area contributed by atoms with Crippen molar-refractivity contribution >= 4 is 0 Å². The molecule has 1 heterocycles. The zero-order valence-corrected chi connectivity index (χ0v) is 11.9. The highest BCUT2D eigenvalue weighted by Crippen LogP contribution is 2.10. The predicted octanol–water partition coefficient (Wildman–Crippen LogP) is 0.0826. The second kappa shape index (κ2) is 8.82. The molecule has 1 aliphatic rings. The number of hydrogen-bond donors (Lipinski definition) is 2. The predicted molar refractivity (Wildman–Crippen MR) is 71.8 cm³/mol. The number of aliphatic hydroxyl groups is 1. The number of aliphatic hydroxyl groups excluding tert-OH is 1. The first-order chi connectivity index (χ1) is 8.65. The first-order valence-electron chi connectivity index (χ1n) is 6.84. The van der Waals surface area contributed by atoms with E-state index < -0.39 is 6.10 Å². The van der Waals surface area contributed by atoms with E-state index in [2.05, 4.69) is 10.2 Å². The summed E-state index contributed by atoms with van der Waals surface area (Å²) in [6.07, 6.45) is 1.95. The summed E-state index contributed by atoms with van der Waals surface area (Å²) in [6, 6.07) is 0.636. The molecule has 2 N–H and O–H groups in total. The molecule has 18 heavy (non-hydrogen) atoms. The van der Waals surface area contributed by atoms with E-state index in [1.165, 1.54) is 0 Å². The highest BCUT2D eigenvalue weighted by molar-refractivity contribution is 4.77. The quantitative estimate of drug-likeness (QED) is 0.647. The summed E-state index contributed by atoms with van der Waals surface area (Å²) in [5.74, 6) is 0. The lowest BCUT2D eigenvalue weighted by Crippen LogP contribution is -2.44. The van der Waals surface area contributed by atoms with Crippen molar-refractivity contribution in [2.45, 2.75) is 38.0 Å². The van der Waals surface area contributed by atoms with Gasteiger partial charge in [-0.2, -0.15) is 0 Å². The fourth-order valence-electron chi connectivity index (χ4n) is 2.31. The first-order valence-corrected chi connectivity index (χ1v) is 6.84. The third-order valence-electron chi connectivity index (χ3n) is 3.44. The summed E-state index contributed by atoms with van der Waals surface area (Å²) >= 11 is 0. The van der Waals surface area contributed by atoms with Gasteiger partial charge < -0.3 is 24.8 Å². The maximum absolute atomic E-state index is 9.92. The number of ether oxygens (including phenoxy) is 2. The standard InChI is InChI=1S/C13H28N2O3/c1-11(9-17-3)18-10-13(16)8-15-6-4-12(14-2)5-7-15/h11-14,16H,4-10H2,1-3H3. The van der Waals surface area contributed by atoms with Crippen molar-refractivity contribution in [1.29, 1.82) is 0 Å². The highest BCUT2D eigenvalue weighted by atomic mass is 16.5. The Morgan fingerprint density at radius 2 is 2.00 bits per heavy atom. The summed E-state index contributed by atoms with van der Waals surface area (Å²) in [5.41, 5.74) is 0. The van der Waals surface area contributed by atoms with E-state index in [1.54, 1.807) is 7.11 Å². The Balaban J connectivity index is 2.11. The summed E-state index contributed by atoms with van der Waals surface area (Å²) in [7, 11) is 3.67. The molecule has 0 saturated carbocycles. The van der Waals surface area contributed by atoms with Crippen LogP contribution in [0.15, 0.2) is 0 Å². The van der Waals surface area contributed by atoms with Gasteiger partial charge in [-0.05, 0) is 39.9 Å². The van der Waals surface area contributed by atoms with Crippen LogP contribution in [0.25, 0.3) is 0 Å². The fourth-order valence-corrected chi connectivity index (χ4v) is 2.31. The summed E-state index contributed by atoms with van der Waals surface area (Å²) < 4.78 is 10.5. The van der Waals surface area contributed by atoms with Gasteiger partial charge in [0.15, 0.2) is 0 Å². The number of piperidine rings is 1. The van der Waals surface area contributed by atoms with Crippen molar-refractivity contribution in [1.82, 2.24) is 10.2 Å². The molecule has 0 amide bonds. The molecule has 5 heteroatoms. The third-order valence-corrected chi connectivity index (χ3v) is 3.44. The van der Waals surface area contributed by atoms with E-state index >= 15 is 0 Å². The number of rotatable bonds is 8. The topological polar surface area (TPSA) is 54.0 Å². The number of methoxy groups -OCH3 is 1. The van der Waals surface area contributed by atoms with Crippen LogP contribution in [0.4, 0.5) is 0 Å². The molecular formula is C13H28N2O3. The summed E-state index contributed by atoms with van der Waals surface area (Å²) in [6.45, 7) is 5.72. The maximum Gasteiger partial charge on any atom is 0.0900 e. The fraction of sp³-hybridized carbons (Fsp3) is 1.00. The Labute approximate surface area is 110 Å². The van der Waals surface area contributed by atoms with Crippen molar-refractivity contribution in [2.75, 3.05) is 47.0 Å². The van der Waals surface area contributed by atoms with Crippen molar-refractivity contribution in [3.05, 3.63) is 0 Å². The Bertz CT molecular complexity index is 208. The highest BCUT2D eigenvalue weighted by Gasteiger charge is 2.20. The number of hydrogen-bond acceptors (Lipinski definition) is 5. The van der Waals surface area contributed by atoms with Crippen molar-refractivity contribution in [2.24, 2.45) is 0 Å². The van der Waals surface area contributed by atoms with E-state index in [0.29, 0.717) is 25.8 Å². The van der Waals surface area contributed by atoms with E-state index in [4.69, 9.17) is 9.47 Å². The minimum absolute atomic E-state index is 0.0414. The van der Waals surface area contributed by atoms with Gasteiger partial charge in [0.2, 0.25) is 0 Å². The average molecular weight is 260 g/mol. The Morgan fingerprint density at radius 1 is 1.33 bits per heavy atom. The molecule has 0 aromatic heterocycles. The Kier molecular flexibility index (Phi) is 7.77. The lowest BCUT2D eigenvalue weighted by molar-refractivity contribution is -0.0412. The minimum atomic E-state index is -0.407. The molecule has 1 aliphatic heterocycles. The molecule has 1 saturated heterocycles. The molecule has 1 rings (SSSR count). The molecule has 5 nitrogen and oxygen atoms in total. The van der Waals surface area contributed by atoms with Gasteiger partial charge in [0.1, 0.15) is 0 Å². The Hall–Kier alpha value is -0.200. The van der Waals surface area contributed by atoms with Crippen LogP contribution in [0.2, 0.25) is 0 Å². The number of β-amino-alcohol motifs (C(OH)–C–C–N with tert-alkyl or cyclic N) is 1. The summed E-state index contributed by atoms with van der Waals surface area (Å²) in [4.78, 5) is 2.31. The molecule has 0 spiro atoms. The largest absolute Gasteiger partial charge is 0.389 e. The number of nitrogens with one attached hydrogen (secondary N) is 1. The Morgan fingerprint density at radius 3 is 2.56 bits per heavy atom. The van der Waals surface area contributed by atoms with Crippen LogP contribution in [0.1, 0.15) is 19.8 Å². The zero-order valence-electron chi connectivity index (χ0n) is 11.9. The normalized spacial score (nSPS) is 22.0. The molecule has 1 fully saturated rings. The second-order valence-corrected chi connectivity index (χ2v) is 5.12. The lowest BCUT2D eigenvalue weighted by Gasteiger charge is -2.33. The molecule has 0 aromatic carbocycles. The monoisotopic (exact) mass is 260 g/mol. The van der Waals surface area contributed by atoms with Crippen LogP contribution in [-0.4, -0.2) is 75.3 Å². The van der Waals surface area contributed by atoms with E-state index in [-0.39, 0.29) is 6.10 Å². The summed E-state index contributed by atoms with van der Waals surface area (Å²) in [5, 5.41) is 13.2. The molecule has 0 aromatic rings. The lowest BCUT2D eigenvalue weighted by atomic mass is 10.1. The second-order valence-electron chi connectivity index (χ2n) is 5.12. The minimum Gasteiger partial charge on any atom is -0.389 e. The van der Waals surface area contributed by atoms with Crippen LogP contribution < -0.4 is 5.32 Å². The molecule has 0 aliphatic carbocycles. The van der Waals surface area contributed by atoms with Gasteiger partial charge in [-0.15, -0.1) is 0 Å². The molecule has 0 radical (unpaired) electrons. The van der Waals surface area contributed by atoms with E-state index in [9.17, 15) is 5.11 Å². The van der Waals surface area contributed by atoms with E-state index in [0.717, 1.165) is 25.9 Å². The average Bonchev–Trinajstić information content (AvgIpc) is 2.38. The zero-order chi connectivity index (χ0) is 13.4. The van der Waals surface area contributed by atoms with Gasteiger partial charge in [0.25, 0.3) is 0 Å². The van der Waals surface area contributed by atoms with Gasteiger partial charge >= 0.3 is 0 Å². The van der Waals surface area contributed by atoms with E-state index in [1.807, 2.05) is 14.0 Å². The van der Waals surface area contributed by atoms with Crippen molar-refractivity contribution in [3.63, 3.8) is 0 Å². The molecule has 0 bridgehead atoms.